The van der Waals surface area contributed by atoms with Gasteiger partial charge in [-0.1, -0.05) is 6.07 Å². The first-order valence-corrected chi connectivity index (χ1v) is 10.9. The quantitative estimate of drug-likeness (QED) is 0.391. The van der Waals surface area contributed by atoms with Crippen molar-refractivity contribution < 1.29 is 28.7 Å². The van der Waals surface area contributed by atoms with Crippen molar-refractivity contribution in [3.05, 3.63) is 81.7 Å². The highest BCUT2D eigenvalue weighted by atomic mass is 16.6. The number of nitrogens with one attached hydrogen (secondary N) is 1. The Morgan fingerprint density at radius 1 is 1.06 bits per heavy atom. The van der Waals surface area contributed by atoms with Gasteiger partial charge in [-0.25, -0.2) is 0 Å². The van der Waals surface area contributed by atoms with Crippen LogP contribution < -0.4 is 19.5 Å². The zero-order valence-corrected chi connectivity index (χ0v) is 20.1. The van der Waals surface area contributed by atoms with Crippen LogP contribution in [0.1, 0.15) is 33.4 Å². The molecular formula is C25H24N4O7. The second-order valence-corrected chi connectivity index (χ2v) is 8.05. The third-order valence-corrected chi connectivity index (χ3v) is 6.13. The Morgan fingerprint density at radius 3 is 2.36 bits per heavy atom. The van der Waals surface area contributed by atoms with Gasteiger partial charge in [0.1, 0.15) is 5.75 Å². The molecule has 0 saturated carbocycles. The molecule has 4 rings (SSSR count). The van der Waals surface area contributed by atoms with Crippen LogP contribution in [0.15, 0.2) is 54.9 Å². The van der Waals surface area contributed by atoms with Gasteiger partial charge in [0.05, 0.1) is 43.9 Å². The summed E-state index contributed by atoms with van der Waals surface area (Å²) in [4.78, 5) is 43.7. The zero-order chi connectivity index (χ0) is 26.0. The van der Waals surface area contributed by atoms with Gasteiger partial charge in [-0.3, -0.25) is 24.7 Å². The molecule has 2 aromatic carbocycles. The lowest BCUT2D eigenvalue weighted by atomic mass is 9.79. The van der Waals surface area contributed by atoms with Crippen molar-refractivity contribution in [1.82, 2.24) is 9.88 Å². The largest absolute Gasteiger partial charge is 0.495 e. The van der Waals surface area contributed by atoms with Gasteiger partial charge in [-0.15, -0.1) is 0 Å². The molecule has 11 heteroatoms. The van der Waals surface area contributed by atoms with Crippen LogP contribution in [0, 0.1) is 10.1 Å². The summed E-state index contributed by atoms with van der Waals surface area (Å²) >= 11 is 0. The van der Waals surface area contributed by atoms with Gasteiger partial charge in [0.15, 0.2) is 11.5 Å². The predicted molar refractivity (Wildman–Crippen MR) is 130 cm³/mol. The van der Waals surface area contributed by atoms with E-state index in [9.17, 15) is 19.7 Å². The molecule has 186 valence electrons. The summed E-state index contributed by atoms with van der Waals surface area (Å²) in [6.07, 6.45) is 3.19. The van der Waals surface area contributed by atoms with E-state index < -0.39 is 22.8 Å². The van der Waals surface area contributed by atoms with E-state index in [1.165, 1.54) is 44.4 Å². The summed E-state index contributed by atoms with van der Waals surface area (Å²) in [6, 6.07) is 9.84. The van der Waals surface area contributed by atoms with Gasteiger partial charge in [0.25, 0.3) is 11.6 Å². The van der Waals surface area contributed by atoms with Crippen LogP contribution in [-0.2, 0) is 4.79 Å². The third-order valence-electron chi connectivity index (χ3n) is 6.13. The number of ether oxygens (including phenoxy) is 3. The number of fused-ring (bicyclic) bond motifs is 1. The van der Waals surface area contributed by atoms with Crippen molar-refractivity contribution in [2.24, 2.45) is 0 Å². The van der Waals surface area contributed by atoms with Crippen molar-refractivity contribution in [3.63, 3.8) is 0 Å². The molecular weight excluding hydrogens is 468 g/mol. The molecule has 11 nitrogen and oxygen atoms in total. The Kier molecular flexibility index (Phi) is 6.73. The van der Waals surface area contributed by atoms with E-state index >= 15 is 0 Å². The van der Waals surface area contributed by atoms with Crippen LogP contribution in [0.3, 0.4) is 0 Å². The van der Waals surface area contributed by atoms with E-state index in [-0.39, 0.29) is 28.6 Å². The molecule has 1 aliphatic rings. The molecule has 3 aromatic rings. The fraction of sp³-hybridized carbons (Fsp3) is 0.240. The van der Waals surface area contributed by atoms with Crippen LogP contribution in [0.2, 0.25) is 0 Å². The van der Waals surface area contributed by atoms with Gasteiger partial charge in [0.2, 0.25) is 5.91 Å². The minimum atomic E-state index is -0.921. The molecule has 1 N–H and O–H groups in total. The summed E-state index contributed by atoms with van der Waals surface area (Å²) in [5.41, 5.74) is 1.26. The first-order valence-electron chi connectivity index (χ1n) is 10.9. The number of non-ortho nitro benzene ring substituents is 1. The second-order valence-electron chi connectivity index (χ2n) is 8.05. The number of methoxy groups -OCH3 is 3. The number of hydrogen-bond acceptors (Lipinski definition) is 8. The number of aromatic nitrogens is 1. The van der Waals surface area contributed by atoms with Crippen molar-refractivity contribution in [2.45, 2.75) is 12.0 Å². The smallest absolute Gasteiger partial charge is 0.271 e. The first kappa shape index (κ1) is 24.5. The lowest BCUT2D eigenvalue weighted by Crippen LogP contribution is -2.44. The summed E-state index contributed by atoms with van der Waals surface area (Å²) in [7, 11) is 5.92. The highest BCUT2D eigenvalue weighted by Gasteiger charge is 2.44. The predicted octanol–water partition coefficient (Wildman–Crippen LogP) is 3.56. The number of nitro benzene ring substituents is 1. The van der Waals surface area contributed by atoms with E-state index in [2.05, 4.69) is 10.3 Å². The molecule has 0 bridgehead atoms. The molecule has 0 spiro atoms. The van der Waals surface area contributed by atoms with Crippen molar-refractivity contribution >= 4 is 23.2 Å². The summed E-state index contributed by atoms with van der Waals surface area (Å²) < 4.78 is 16.1. The number of likely N-dealkylation sites (N-methyl/N-ethyl adjacent to an activating group) is 1. The summed E-state index contributed by atoms with van der Waals surface area (Å²) in [5.74, 6) is -0.788. The fourth-order valence-electron chi connectivity index (χ4n) is 4.42. The molecule has 2 amide bonds. The Hall–Kier alpha value is -4.67. The SMILES string of the molecule is COc1ccc([N+](=O)[O-])cc1NC(=O)[C@H]1c2cc(OC)c(OC)cc2C(=O)N(C)[C@@H]1c1cccnc1. The summed E-state index contributed by atoms with van der Waals surface area (Å²) in [5, 5.41) is 14.1. The molecule has 0 aliphatic carbocycles. The maximum Gasteiger partial charge on any atom is 0.271 e. The molecule has 0 unspecified atom stereocenters. The van der Waals surface area contributed by atoms with E-state index in [1.54, 1.807) is 43.7 Å². The van der Waals surface area contributed by atoms with Crippen LogP contribution in [-0.4, -0.2) is 55.0 Å². The van der Waals surface area contributed by atoms with Gasteiger partial charge in [-0.05, 0) is 35.4 Å². The number of carbonyl (C=O) groups is 2. The topological polar surface area (TPSA) is 133 Å². The number of benzene rings is 2. The van der Waals surface area contributed by atoms with Crippen LogP contribution in [0.4, 0.5) is 11.4 Å². The Bertz CT molecular complexity index is 1330. The number of nitro groups is 1. The van der Waals surface area contributed by atoms with Gasteiger partial charge < -0.3 is 24.4 Å². The number of amides is 2. The minimum Gasteiger partial charge on any atom is -0.495 e. The minimum absolute atomic E-state index is 0.128. The number of hydrogen-bond donors (Lipinski definition) is 1. The van der Waals surface area contributed by atoms with Gasteiger partial charge in [-0.2, -0.15) is 0 Å². The first-order chi connectivity index (χ1) is 17.3. The average Bonchev–Trinajstić information content (AvgIpc) is 2.90. The average molecular weight is 492 g/mol. The standard InChI is InChI=1S/C25H24N4O7/c1-28-23(14-6-5-9-26-13-14)22(16-11-20(35-3)21(36-4)12-17(16)25(28)31)24(30)27-18-10-15(29(32)33)7-8-19(18)34-2/h5-13,22-23H,1-4H3,(H,27,30)/t22-,23+/m0/s1. The number of carbonyl (C=O) groups excluding carboxylic acids is 2. The molecule has 0 fully saturated rings. The van der Waals surface area contributed by atoms with Gasteiger partial charge >= 0.3 is 0 Å². The Labute approximate surface area is 206 Å². The van der Waals surface area contributed by atoms with Crippen LogP contribution in [0.25, 0.3) is 0 Å². The lowest BCUT2D eigenvalue weighted by Gasteiger charge is -2.40. The highest BCUT2D eigenvalue weighted by molar-refractivity contribution is 6.05. The summed E-state index contributed by atoms with van der Waals surface area (Å²) in [6.45, 7) is 0. The fourth-order valence-corrected chi connectivity index (χ4v) is 4.42. The Balaban J connectivity index is 1.88. The van der Waals surface area contributed by atoms with Crippen LogP contribution >= 0.6 is 0 Å². The zero-order valence-electron chi connectivity index (χ0n) is 20.1. The molecule has 0 saturated heterocycles. The number of rotatable bonds is 7. The van der Waals surface area contributed by atoms with E-state index in [1.807, 2.05) is 0 Å². The Morgan fingerprint density at radius 2 is 1.75 bits per heavy atom. The van der Waals surface area contributed by atoms with E-state index in [0.29, 0.717) is 22.6 Å². The number of pyridine rings is 1. The number of nitrogens with zero attached hydrogens (tertiary/aromatic N) is 3. The molecule has 1 aromatic heterocycles. The molecule has 2 atom stereocenters. The normalized spacial score (nSPS) is 16.7. The van der Waals surface area contributed by atoms with Crippen molar-refractivity contribution in [1.29, 1.82) is 0 Å². The van der Waals surface area contributed by atoms with E-state index in [4.69, 9.17) is 14.2 Å². The van der Waals surface area contributed by atoms with Gasteiger partial charge in [0, 0.05) is 37.1 Å². The second kappa shape index (κ2) is 9.90. The van der Waals surface area contributed by atoms with Crippen LogP contribution in [0.5, 0.6) is 17.2 Å². The molecule has 1 aliphatic heterocycles. The van der Waals surface area contributed by atoms with Crippen molar-refractivity contribution in [2.75, 3.05) is 33.7 Å². The monoisotopic (exact) mass is 492 g/mol. The van der Waals surface area contributed by atoms with Crippen molar-refractivity contribution in [3.8, 4) is 17.2 Å². The highest BCUT2D eigenvalue weighted by Crippen LogP contribution is 2.46. The lowest BCUT2D eigenvalue weighted by molar-refractivity contribution is -0.384. The molecule has 2 heterocycles. The number of anilines is 1. The molecule has 36 heavy (non-hydrogen) atoms. The maximum absolute atomic E-state index is 13.9. The maximum atomic E-state index is 13.9. The third kappa shape index (κ3) is 4.26. The molecule has 0 radical (unpaired) electrons. The van der Waals surface area contributed by atoms with E-state index in [0.717, 1.165) is 0 Å².